The second kappa shape index (κ2) is 45.8. The number of carboxylic acids is 1. The fraction of sp³-hybridized carbons (Fsp3) is 0.566. The predicted molar refractivity (Wildman–Crippen MR) is 257 cm³/mol. The van der Waals surface area contributed by atoms with Gasteiger partial charge in [-0.3, -0.25) is 9.59 Å². The Hall–Kier alpha value is -4.23. The van der Waals surface area contributed by atoms with Crippen molar-refractivity contribution in [3.05, 3.63) is 122 Å². The minimum Gasteiger partial charge on any atom is -0.480 e. The van der Waals surface area contributed by atoms with E-state index in [1.807, 2.05) is 0 Å². The largest absolute Gasteiger partial charge is 0.480 e. The van der Waals surface area contributed by atoms with Crippen molar-refractivity contribution in [3.63, 3.8) is 0 Å². The number of amides is 1. The first-order valence-corrected chi connectivity index (χ1v) is 23.4. The van der Waals surface area contributed by atoms with Gasteiger partial charge >= 0.3 is 11.9 Å². The van der Waals surface area contributed by atoms with Crippen LogP contribution in [0.1, 0.15) is 174 Å². The van der Waals surface area contributed by atoms with Crippen LogP contribution in [-0.2, 0) is 19.1 Å². The molecule has 0 rings (SSSR count). The van der Waals surface area contributed by atoms with Gasteiger partial charge < -0.3 is 20.9 Å². The van der Waals surface area contributed by atoms with Crippen LogP contribution < -0.4 is 11.1 Å². The molecule has 0 saturated carbocycles. The quantitative estimate of drug-likeness (QED) is 0.0321. The molecule has 0 spiro atoms. The number of allylic oxidation sites excluding steroid dienone is 20. The number of hydrogen-bond acceptors (Lipinski definition) is 5. The topological polar surface area (TPSA) is 119 Å². The van der Waals surface area contributed by atoms with Gasteiger partial charge in [-0.25, -0.2) is 4.79 Å². The Kier molecular flexibility index (Phi) is 42.6. The molecule has 7 heteroatoms. The van der Waals surface area contributed by atoms with E-state index >= 15 is 0 Å². The number of unbranched alkanes of at least 4 members (excludes halogenated alkanes) is 6. The highest BCUT2D eigenvalue weighted by Crippen LogP contribution is 2.17. The van der Waals surface area contributed by atoms with Crippen LogP contribution in [0.5, 0.6) is 0 Å². The molecule has 336 valence electrons. The molecule has 0 saturated heterocycles. The van der Waals surface area contributed by atoms with E-state index in [9.17, 15) is 19.5 Å². The lowest BCUT2D eigenvalue weighted by Gasteiger charge is -2.17. The predicted octanol–water partition coefficient (Wildman–Crippen LogP) is 13.8. The second-order valence-corrected chi connectivity index (χ2v) is 15.0. The number of ether oxygens (including phenoxy) is 1. The number of nitrogens with one attached hydrogen (secondary N) is 1. The highest BCUT2D eigenvalue weighted by atomic mass is 16.5. The first kappa shape index (κ1) is 55.8. The zero-order chi connectivity index (χ0) is 43.8. The minimum absolute atomic E-state index is 0.0970. The molecule has 0 bridgehead atoms. The summed E-state index contributed by atoms with van der Waals surface area (Å²) in [5.41, 5.74) is 5.49. The maximum absolute atomic E-state index is 12.8. The lowest BCUT2D eigenvalue weighted by molar-refractivity contribution is -0.150. The standard InChI is InChI=1S/C53H84N2O5/c1-3-5-7-9-11-13-15-17-18-19-20-21-22-23-24-26-28-30-32-37-41-47-52(57)60-49(43-38-34-31-29-27-25-16-14-12-10-8-6-4-2)44-39-35-33-36-40-46-51(56)55-50(53(58)59)45-42-48-54/h5-8,11-14,17-18,20-21,23-25,27-28,30-31,34,49-50H,3-4,9-10,15-16,19,22,26,29,32-33,35-48,54H2,1-2H3,(H,55,56)(H,58,59)/b7-5-,8-6-,13-11-,14-12-,18-17-,21-20-,24-23-,27-25-,30-28-,34-31-. The van der Waals surface area contributed by atoms with Gasteiger partial charge in [-0.15, -0.1) is 0 Å². The number of carboxylic acid groups (broad SMARTS) is 1. The van der Waals surface area contributed by atoms with Crippen LogP contribution in [0.15, 0.2) is 122 Å². The van der Waals surface area contributed by atoms with Gasteiger partial charge in [0.25, 0.3) is 0 Å². The minimum atomic E-state index is -1.02. The number of carbonyl (C=O) groups is 3. The van der Waals surface area contributed by atoms with Gasteiger partial charge in [-0.1, -0.05) is 155 Å². The molecule has 0 aliphatic rings. The van der Waals surface area contributed by atoms with Gasteiger partial charge in [0.05, 0.1) is 0 Å². The summed E-state index contributed by atoms with van der Waals surface area (Å²) in [6.45, 7) is 4.70. The van der Waals surface area contributed by atoms with Crippen LogP contribution in [0.25, 0.3) is 0 Å². The van der Waals surface area contributed by atoms with Gasteiger partial charge in [0.15, 0.2) is 0 Å². The molecule has 0 aromatic carbocycles. The molecule has 0 aliphatic carbocycles. The number of esters is 1. The number of aliphatic carboxylic acids is 1. The van der Waals surface area contributed by atoms with E-state index in [4.69, 9.17) is 10.5 Å². The highest BCUT2D eigenvalue weighted by molar-refractivity contribution is 5.83. The molecule has 2 atom stereocenters. The average molecular weight is 829 g/mol. The Morgan fingerprint density at radius 3 is 1.37 bits per heavy atom. The Morgan fingerprint density at radius 1 is 0.483 bits per heavy atom. The van der Waals surface area contributed by atoms with Crippen LogP contribution in [0.3, 0.4) is 0 Å². The molecular weight excluding hydrogens is 745 g/mol. The average Bonchev–Trinajstić information content (AvgIpc) is 3.23. The van der Waals surface area contributed by atoms with Crippen LogP contribution >= 0.6 is 0 Å². The molecule has 4 N–H and O–H groups in total. The summed E-state index contributed by atoms with van der Waals surface area (Å²) in [5.74, 6) is -1.35. The molecule has 0 aliphatic heterocycles. The number of rotatable bonds is 40. The molecule has 0 aromatic heterocycles. The zero-order valence-electron chi connectivity index (χ0n) is 37.7. The molecule has 7 nitrogen and oxygen atoms in total. The van der Waals surface area contributed by atoms with Gasteiger partial charge in [0.2, 0.25) is 5.91 Å². The van der Waals surface area contributed by atoms with Crippen LogP contribution in [-0.4, -0.2) is 41.6 Å². The Morgan fingerprint density at radius 2 is 0.900 bits per heavy atom. The summed E-state index contributed by atoms with van der Waals surface area (Å²) in [4.78, 5) is 36.5. The van der Waals surface area contributed by atoms with E-state index in [-0.39, 0.29) is 18.0 Å². The van der Waals surface area contributed by atoms with E-state index < -0.39 is 12.0 Å². The summed E-state index contributed by atoms with van der Waals surface area (Å²) >= 11 is 0. The SMILES string of the molecule is CC/C=C\C/C=C\C/C=C\C/C=C\C/C=C\C/C=C\CCCCC(=O)OC(CC/C=C\C/C=C\C/C=C\C/C=C\CC)CCCCCCCC(=O)NC(CCCN)C(=O)O. The van der Waals surface area contributed by atoms with Crippen molar-refractivity contribution < 1.29 is 24.2 Å². The summed E-state index contributed by atoms with van der Waals surface area (Å²) in [5, 5.41) is 11.9. The molecule has 0 heterocycles. The third-order valence-corrected chi connectivity index (χ3v) is 9.53. The van der Waals surface area contributed by atoms with Crippen molar-refractivity contribution in [2.75, 3.05) is 6.54 Å². The zero-order valence-corrected chi connectivity index (χ0v) is 37.7. The van der Waals surface area contributed by atoms with Crippen LogP contribution in [0.2, 0.25) is 0 Å². The fourth-order valence-corrected chi connectivity index (χ4v) is 6.09. The lowest BCUT2D eigenvalue weighted by Crippen LogP contribution is -2.40. The van der Waals surface area contributed by atoms with Crippen molar-refractivity contribution in [2.45, 2.75) is 187 Å². The summed E-state index contributed by atoms with van der Waals surface area (Å²) in [7, 11) is 0. The lowest BCUT2D eigenvalue weighted by atomic mass is 10.0. The molecule has 0 fully saturated rings. The molecule has 1 amide bonds. The van der Waals surface area contributed by atoms with Crippen molar-refractivity contribution in [3.8, 4) is 0 Å². The van der Waals surface area contributed by atoms with Gasteiger partial charge in [0.1, 0.15) is 12.1 Å². The molecule has 0 aromatic rings. The van der Waals surface area contributed by atoms with E-state index in [1.54, 1.807) is 0 Å². The Balaban J connectivity index is 4.51. The highest BCUT2D eigenvalue weighted by Gasteiger charge is 2.19. The summed E-state index contributed by atoms with van der Waals surface area (Å²) < 4.78 is 6.00. The second-order valence-electron chi connectivity index (χ2n) is 15.0. The van der Waals surface area contributed by atoms with E-state index in [1.165, 1.54) is 0 Å². The molecular formula is C53H84N2O5. The van der Waals surface area contributed by atoms with E-state index in [0.717, 1.165) is 135 Å². The molecule has 60 heavy (non-hydrogen) atoms. The van der Waals surface area contributed by atoms with E-state index in [2.05, 4.69) is 141 Å². The summed E-state index contributed by atoms with van der Waals surface area (Å²) in [6, 6.07) is -0.875. The molecule has 2 unspecified atom stereocenters. The summed E-state index contributed by atoms with van der Waals surface area (Å²) in [6.07, 6.45) is 65.3. The monoisotopic (exact) mass is 829 g/mol. The van der Waals surface area contributed by atoms with Gasteiger partial charge in [-0.2, -0.15) is 0 Å². The maximum atomic E-state index is 12.8. The van der Waals surface area contributed by atoms with Gasteiger partial charge in [0, 0.05) is 12.8 Å². The first-order chi connectivity index (χ1) is 29.4. The number of hydrogen-bond donors (Lipinski definition) is 3. The normalized spacial score (nSPS) is 13.8. The molecule has 0 radical (unpaired) electrons. The van der Waals surface area contributed by atoms with Crippen molar-refractivity contribution in [2.24, 2.45) is 5.73 Å². The number of carbonyl (C=O) groups excluding carboxylic acids is 2. The maximum Gasteiger partial charge on any atom is 0.326 e. The first-order valence-electron chi connectivity index (χ1n) is 23.4. The third kappa shape index (κ3) is 41.9. The van der Waals surface area contributed by atoms with Crippen molar-refractivity contribution >= 4 is 17.8 Å². The number of nitrogens with two attached hydrogens (primary N) is 1. The van der Waals surface area contributed by atoms with Crippen LogP contribution in [0, 0.1) is 0 Å². The van der Waals surface area contributed by atoms with Crippen molar-refractivity contribution in [1.29, 1.82) is 0 Å². The van der Waals surface area contributed by atoms with E-state index in [0.29, 0.717) is 32.2 Å². The van der Waals surface area contributed by atoms with Gasteiger partial charge in [-0.05, 0) is 135 Å². The Labute approximate surface area is 366 Å². The van der Waals surface area contributed by atoms with Crippen LogP contribution in [0.4, 0.5) is 0 Å². The smallest absolute Gasteiger partial charge is 0.326 e. The fourth-order valence-electron chi connectivity index (χ4n) is 6.09. The third-order valence-electron chi connectivity index (χ3n) is 9.53. The van der Waals surface area contributed by atoms with Crippen molar-refractivity contribution in [1.82, 2.24) is 5.32 Å². The Bertz CT molecular complexity index is 1350.